The highest BCUT2D eigenvalue weighted by molar-refractivity contribution is 7.80. The van der Waals surface area contributed by atoms with Gasteiger partial charge >= 0.3 is 0 Å². The molecule has 0 aliphatic carbocycles. The summed E-state index contributed by atoms with van der Waals surface area (Å²) in [7, 11) is 0. The maximum Gasteiger partial charge on any atom is 0.119 e. The van der Waals surface area contributed by atoms with Gasteiger partial charge in [-0.25, -0.2) is 0 Å². The summed E-state index contributed by atoms with van der Waals surface area (Å²) in [6, 6.07) is 17.6. The lowest BCUT2D eigenvalue weighted by Crippen LogP contribution is -2.08. The van der Waals surface area contributed by atoms with Crippen LogP contribution in [0.3, 0.4) is 0 Å². The number of aromatic nitrogens is 1. The molecule has 0 atom stereocenters. The van der Waals surface area contributed by atoms with E-state index in [1.54, 1.807) is 6.20 Å². The molecule has 0 spiro atoms. The zero-order valence-corrected chi connectivity index (χ0v) is 12.1. The quantitative estimate of drug-likeness (QED) is 0.749. The Balaban J connectivity index is 1.72. The molecule has 1 aromatic heterocycles. The van der Waals surface area contributed by atoms with Gasteiger partial charge in [0.05, 0.1) is 5.52 Å². The molecule has 0 radical (unpaired) electrons. The molecule has 0 aliphatic heterocycles. The molecular formula is C17H14N2OS. The largest absolute Gasteiger partial charge is 0.489 e. The van der Waals surface area contributed by atoms with Gasteiger partial charge in [0, 0.05) is 17.1 Å². The molecule has 3 aromatic rings. The number of hydrogen-bond acceptors (Lipinski definition) is 3. The maximum atomic E-state index is 5.77. The van der Waals surface area contributed by atoms with Gasteiger partial charge in [0.15, 0.2) is 0 Å². The lowest BCUT2D eigenvalue weighted by Gasteiger charge is -2.08. The van der Waals surface area contributed by atoms with Gasteiger partial charge in [0.25, 0.3) is 0 Å². The topological polar surface area (TPSA) is 48.1 Å². The first-order chi connectivity index (χ1) is 10.2. The first kappa shape index (κ1) is 13.5. The average molecular weight is 294 g/mol. The van der Waals surface area contributed by atoms with Crippen LogP contribution in [0.25, 0.3) is 10.9 Å². The van der Waals surface area contributed by atoms with Crippen LogP contribution in [-0.2, 0) is 6.61 Å². The highest BCUT2D eigenvalue weighted by Crippen LogP contribution is 2.17. The zero-order chi connectivity index (χ0) is 14.7. The smallest absolute Gasteiger partial charge is 0.119 e. The van der Waals surface area contributed by atoms with E-state index in [0.29, 0.717) is 11.6 Å². The molecule has 0 unspecified atom stereocenters. The van der Waals surface area contributed by atoms with E-state index < -0.39 is 0 Å². The second-order valence-corrected chi connectivity index (χ2v) is 5.15. The van der Waals surface area contributed by atoms with Crippen LogP contribution in [0.15, 0.2) is 60.8 Å². The Morgan fingerprint density at radius 3 is 2.67 bits per heavy atom. The molecule has 0 saturated heterocycles. The molecule has 1 heterocycles. The van der Waals surface area contributed by atoms with Crippen molar-refractivity contribution in [3.63, 3.8) is 0 Å². The van der Waals surface area contributed by atoms with Crippen molar-refractivity contribution in [3.8, 4) is 5.75 Å². The molecule has 3 rings (SSSR count). The van der Waals surface area contributed by atoms with E-state index in [4.69, 9.17) is 22.7 Å². The minimum Gasteiger partial charge on any atom is -0.489 e. The number of rotatable bonds is 4. The number of nitrogens with two attached hydrogens (primary N) is 1. The van der Waals surface area contributed by atoms with E-state index >= 15 is 0 Å². The number of fused-ring (bicyclic) bond motifs is 1. The van der Waals surface area contributed by atoms with Crippen molar-refractivity contribution in [1.29, 1.82) is 0 Å². The number of nitrogens with zero attached hydrogens (tertiary/aromatic N) is 1. The Bertz CT molecular complexity index is 784. The van der Waals surface area contributed by atoms with Crippen molar-refractivity contribution in [2.75, 3.05) is 0 Å². The summed E-state index contributed by atoms with van der Waals surface area (Å²) < 4.78 is 5.77. The molecule has 2 aromatic carbocycles. The van der Waals surface area contributed by atoms with Crippen LogP contribution in [0.1, 0.15) is 11.1 Å². The van der Waals surface area contributed by atoms with Gasteiger partial charge in [-0.3, -0.25) is 4.98 Å². The van der Waals surface area contributed by atoms with Gasteiger partial charge in [-0.15, -0.1) is 0 Å². The summed E-state index contributed by atoms with van der Waals surface area (Å²) in [4.78, 5) is 4.69. The van der Waals surface area contributed by atoms with Gasteiger partial charge in [0.2, 0.25) is 0 Å². The van der Waals surface area contributed by atoms with Crippen LogP contribution in [0.4, 0.5) is 0 Å². The van der Waals surface area contributed by atoms with Crippen molar-refractivity contribution < 1.29 is 4.74 Å². The van der Waals surface area contributed by atoms with Gasteiger partial charge < -0.3 is 10.5 Å². The SMILES string of the molecule is NC(=S)c1ccc(OCc2ccc3ncccc3c2)cc1. The summed E-state index contributed by atoms with van der Waals surface area (Å²) in [5.74, 6) is 0.793. The van der Waals surface area contributed by atoms with Crippen molar-refractivity contribution >= 4 is 28.1 Å². The normalized spacial score (nSPS) is 10.5. The Morgan fingerprint density at radius 2 is 1.90 bits per heavy atom. The van der Waals surface area contributed by atoms with E-state index in [2.05, 4.69) is 11.1 Å². The maximum absolute atomic E-state index is 5.77. The fourth-order valence-electron chi connectivity index (χ4n) is 2.10. The molecular weight excluding hydrogens is 280 g/mol. The number of ether oxygens (including phenoxy) is 1. The van der Waals surface area contributed by atoms with E-state index in [1.165, 1.54) is 0 Å². The summed E-state index contributed by atoms with van der Waals surface area (Å²) in [5, 5.41) is 1.11. The standard InChI is InChI=1S/C17H14N2OS/c18-17(21)13-4-6-15(7-5-13)20-11-12-3-8-16-14(10-12)2-1-9-19-16/h1-10H,11H2,(H2,18,21). The fourth-order valence-corrected chi connectivity index (χ4v) is 2.23. The highest BCUT2D eigenvalue weighted by atomic mass is 32.1. The van der Waals surface area contributed by atoms with Crippen LogP contribution in [-0.4, -0.2) is 9.97 Å². The third-order valence-corrected chi connectivity index (χ3v) is 3.45. The molecule has 0 fully saturated rings. The summed E-state index contributed by atoms with van der Waals surface area (Å²) in [6.45, 7) is 0.511. The molecule has 0 saturated carbocycles. The summed E-state index contributed by atoms with van der Waals surface area (Å²) >= 11 is 4.92. The molecule has 0 bridgehead atoms. The second kappa shape index (κ2) is 5.89. The molecule has 4 heteroatoms. The van der Waals surface area contributed by atoms with Crippen LogP contribution < -0.4 is 10.5 Å². The van der Waals surface area contributed by atoms with E-state index in [1.807, 2.05) is 48.5 Å². The average Bonchev–Trinajstić information content (AvgIpc) is 2.53. The third kappa shape index (κ3) is 3.17. The number of thiocarbonyl (C=S) groups is 1. The Kier molecular flexibility index (Phi) is 3.79. The molecule has 21 heavy (non-hydrogen) atoms. The minimum atomic E-state index is 0.392. The molecule has 0 amide bonds. The molecule has 3 nitrogen and oxygen atoms in total. The van der Waals surface area contributed by atoms with Crippen molar-refractivity contribution in [2.45, 2.75) is 6.61 Å². The monoisotopic (exact) mass is 294 g/mol. The second-order valence-electron chi connectivity index (χ2n) is 4.71. The molecule has 104 valence electrons. The van der Waals surface area contributed by atoms with Gasteiger partial charge in [-0.05, 0) is 48.0 Å². The minimum absolute atomic E-state index is 0.392. The third-order valence-electron chi connectivity index (χ3n) is 3.21. The Hall–Kier alpha value is -2.46. The molecule has 0 aliphatic rings. The van der Waals surface area contributed by atoms with Crippen LogP contribution in [0, 0.1) is 0 Å². The van der Waals surface area contributed by atoms with Gasteiger partial charge in [-0.2, -0.15) is 0 Å². The summed E-state index contributed by atoms with van der Waals surface area (Å²) in [5.41, 5.74) is 8.50. The number of pyridine rings is 1. The lowest BCUT2D eigenvalue weighted by atomic mass is 10.1. The lowest BCUT2D eigenvalue weighted by molar-refractivity contribution is 0.306. The van der Waals surface area contributed by atoms with E-state index in [-0.39, 0.29) is 0 Å². The fraction of sp³-hybridized carbons (Fsp3) is 0.0588. The van der Waals surface area contributed by atoms with Crippen LogP contribution in [0.5, 0.6) is 5.75 Å². The first-order valence-corrected chi connectivity index (χ1v) is 6.99. The van der Waals surface area contributed by atoms with E-state index in [9.17, 15) is 0 Å². The number of benzene rings is 2. The van der Waals surface area contributed by atoms with Crippen LogP contribution in [0.2, 0.25) is 0 Å². The summed E-state index contributed by atoms with van der Waals surface area (Å²) in [6.07, 6.45) is 1.79. The number of hydrogen-bond donors (Lipinski definition) is 1. The molecule has 2 N–H and O–H groups in total. The Morgan fingerprint density at radius 1 is 1.10 bits per heavy atom. The van der Waals surface area contributed by atoms with Crippen molar-refractivity contribution in [2.24, 2.45) is 5.73 Å². The van der Waals surface area contributed by atoms with Crippen molar-refractivity contribution in [1.82, 2.24) is 4.98 Å². The van der Waals surface area contributed by atoms with E-state index in [0.717, 1.165) is 27.8 Å². The zero-order valence-electron chi connectivity index (χ0n) is 11.3. The highest BCUT2D eigenvalue weighted by Gasteiger charge is 2.00. The van der Waals surface area contributed by atoms with Gasteiger partial charge in [-0.1, -0.05) is 24.4 Å². The van der Waals surface area contributed by atoms with Crippen LogP contribution >= 0.6 is 12.2 Å². The predicted molar refractivity (Wildman–Crippen MR) is 88.4 cm³/mol. The first-order valence-electron chi connectivity index (χ1n) is 6.59. The van der Waals surface area contributed by atoms with Gasteiger partial charge in [0.1, 0.15) is 17.3 Å². The predicted octanol–water partition coefficient (Wildman–Crippen LogP) is 3.45. The Labute approximate surface area is 128 Å². The van der Waals surface area contributed by atoms with Crippen molar-refractivity contribution in [3.05, 3.63) is 71.9 Å².